The number of ether oxygens (including phenoxy) is 1. The molecule has 3 heterocycles. The van der Waals surface area contributed by atoms with E-state index in [1.54, 1.807) is 12.1 Å². The first-order valence-corrected chi connectivity index (χ1v) is 12.2. The van der Waals surface area contributed by atoms with E-state index in [1.165, 1.54) is 7.11 Å². The predicted octanol–water partition coefficient (Wildman–Crippen LogP) is 4.95. The molecule has 7 heteroatoms. The average molecular weight is 478 g/mol. The van der Waals surface area contributed by atoms with Crippen molar-refractivity contribution in [2.45, 2.75) is 18.9 Å². The van der Waals surface area contributed by atoms with Crippen molar-refractivity contribution in [2.75, 3.05) is 25.1 Å². The van der Waals surface area contributed by atoms with Crippen LogP contribution in [0.1, 0.15) is 23.2 Å². The number of piperidine rings is 1. The molecule has 5 aromatic rings. The minimum Gasteiger partial charge on any atom is -0.465 e. The quantitative estimate of drug-likeness (QED) is 0.369. The standard InChI is InChI=1S/C29H27N5O2/c1-36-29(35)20-8-6-19(7-9-20)21-10-11-26-25(16-21)31-18-34(26)28-27(33-14-12-23(30)13-15-33)17-22-4-2-3-5-24(22)32-28/h2-11,16-18,23H,12-15,30H2,1H3. The van der Waals surface area contributed by atoms with Crippen LogP contribution in [0.5, 0.6) is 0 Å². The highest BCUT2D eigenvalue weighted by molar-refractivity contribution is 5.91. The van der Waals surface area contributed by atoms with Crippen molar-refractivity contribution < 1.29 is 9.53 Å². The van der Waals surface area contributed by atoms with Gasteiger partial charge in [0.05, 0.1) is 34.9 Å². The van der Waals surface area contributed by atoms with E-state index in [0.717, 1.165) is 70.5 Å². The molecule has 1 fully saturated rings. The van der Waals surface area contributed by atoms with Crippen molar-refractivity contribution in [3.05, 3.63) is 84.7 Å². The van der Waals surface area contributed by atoms with Gasteiger partial charge in [-0.25, -0.2) is 14.8 Å². The van der Waals surface area contributed by atoms with E-state index in [4.69, 9.17) is 20.4 Å². The molecule has 1 aliphatic rings. The topological polar surface area (TPSA) is 86.3 Å². The normalized spacial score (nSPS) is 14.4. The van der Waals surface area contributed by atoms with Gasteiger partial charge in [0, 0.05) is 24.5 Å². The summed E-state index contributed by atoms with van der Waals surface area (Å²) < 4.78 is 6.88. The van der Waals surface area contributed by atoms with Crippen molar-refractivity contribution in [3.8, 4) is 16.9 Å². The third kappa shape index (κ3) is 3.97. The number of pyridine rings is 1. The molecular weight excluding hydrogens is 450 g/mol. The molecule has 3 aromatic carbocycles. The maximum atomic E-state index is 11.8. The van der Waals surface area contributed by atoms with Gasteiger partial charge in [0.1, 0.15) is 6.33 Å². The minimum absolute atomic E-state index is 0.257. The first-order chi connectivity index (χ1) is 17.6. The number of aromatic nitrogens is 3. The highest BCUT2D eigenvalue weighted by Gasteiger charge is 2.22. The summed E-state index contributed by atoms with van der Waals surface area (Å²) in [5.74, 6) is 0.534. The van der Waals surface area contributed by atoms with E-state index in [0.29, 0.717) is 5.56 Å². The first-order valence-electron chi connectivity index (χ1n) is 12.2. The summed E-state index contributed by atoms with van der Waals surface area (Å²) in [7, 11) is 1.39. The zero-order valence-electron chi connectivity index (χ0n) is 20.1. The molecule has 1 aliphatic heterocycles. The summed E-state index contributed by atoms with van der Waals surface area (Å²) in [6, 6.07) is 24.3. The number of nitrogens with zero attached hydrogens (tertiary/aromatic N) is 4. The number of rotatable bonds is 4. The van der Waals surface area contributed by atoms with Crippen LogP contribution in [-0.2, 0) is 4.74 Å². The average Bonchev–Trinajstić information content (AvgIpc) is 3.35. The number of para-hydroxylation sites is 1. The second kappa shape index (κ2) is 9.09. The molecule has 1 saturated heterocycles. The van der Waals surface area contributed by atoms with Gasteiger partial charge in [-0.2, -0.15) is 0 Å². The highest BCUT2D eigenvalue weighted by atomic mass is 16.5. The largest absolute Gasteiger partial charge is 0.465 e. The van der Waals surface area contributed by atoms with Gasteiger partial charge in [0.2, 0.25) is 0 Å². The van der Waals surface area contributed by atoms with Gasteiger partial charge in [-0.05, 0) is 60.4 Å². The monoisotopic (exact) mass is 477 g/mol. The number of anilines is 1. The van der Waals surface area contributed by atoms with Crippen LogP contribution in [0.2, 0.25) is 0 Å². The molecular formula is C29H27N5O2. The smallest absolute Gasteiger partial charge is 0.337 e. The summed E-state index contributed by atoms with van der Waals surface area (Å²) in [5, 5.41) is 1.12. The SMILES string of the molecule is COC(=O)c1ccc(-c2ccc3c(c2)ncn3-c2nc3ccccc3cc2N2CCC(N)CC2)cc1. The molecule has 7 nitrogen and oxygen atoms in total. The lowest BCUT2D eigenvalue weighted by molar-refractivity contribution is 0.0600. The van der Waals surface area contributed by atoms with Gasteiger partial charge in [0.25, 0.3) is 0 Å². The van der Waals surface area contributed by atoms with E-state index in [2.05, 4.69) is 39.8 Å². The van der Waals surface area contributed by atoms with Crippen LogP contribution in [-0.4, -0.2) is 46.7 Å². The number of hydrogen-bond acceptors (Lipinski definition) is 6. The fourth-order valence-electron chi connectivity index (χ4n) is 4.92. The zero-order chi connectivity index (χ0) is 24.6. The van der Waals surface area contributed by atoms with E-state index in [1.807, 2.05) is 36.7 Å². The van der Waals surface area contributed by atoms with E-state index < -0.39 is 0 Å². The second-order valence-electron chi connectivity index (χ2n) is 9.24. The summed E-state index contributed by atoms with van der Waals surface area (Å²) >= 11 is 0. The van der Waals surface area contributed by atoms with Gasteiger partial charge in [-0.1, -0.05) is 36.4 Å². The lowest BCUT2D eigenvalue weighted by atomic mass is 10.0. The fourth-order valence-corrected chi connectivity index (χ4v) is 4.92. The lowest BCUT2D eigenvalue weighted by Gasteiger charge is -2.33. The van der Waals surface area contributed by atoms with Gasteiger partial charge >= 0.3 is 5.97 Å². The molecule has 0 aliphatic carbocycles. The fraction of sp³-hybridized carbons (Fsp3) is 0.207. The number of carbonyl (C=O) groups is 1. The van der Waals surface area contributed by atoms with Crippen molar-refractivity contribution >= 4 is 33.6 Å². The summed E-state index contributed by atoms with van der Waals surface area (Å²) in [5.41, 5.74) is 12.7. The number of nitrogens with two attached hydrogens (primary N) is 1. The summed E-state index contributed by atoms with van der Waals surface area (Å²) in [4.78, 5) is 24.0. The van der Waals surface area contributed by atoms with Crippen LogP contribution in [0, 0.1) is 0 Å². The third-order valence-corrected chi connectivity index (χ3v) is 6.98. The van der Waals surface area contributed by atoms with Gasteiger partial charge in [-0.15, -0.1) is 0 Å². The maximum Gasteiger partial charge on any atom is 0.337 e. The van der Waals surface area contributed by atoms with Crippen molar-refractivity contribution in [1.29, 1.82) is 0 Å². The minimum atomic E-state index is -0.342. The van der Waals surface area contributed by atoms with Gasteiger partial charge in [-0.3, -0.25) is 4.57 Å². The first kappa shape index (κ1) is 22.2. The maximum absolute atomic E-state index is 11.8. The van der Waals surface area contributed by atoms with Crippen molar-refractivity contribution in [3.63, 3.8) is 0 Å². The zero-order valence-corrected chi connectivity index (χ0v) is 20.1. The molecule has 0 radical (unpaired) electrons. The van der Waals surface area contributed by atoms with Crippen LogP contribution in [0.15, 0.2) is 79.1 Å². The number of imidazole rings is 1. The molecule has 2 N–H and O–H groups in total. The molecule has 6 rings (SSSR count). The van der Waals surface area contributed by atoms with E-state index in [9.17, 15) is 4.79 Å². The molecule has 36 heavy (non-hydrogen) atoms. The van der Waals surface area contributed by atoms with E-state index >= 15 is 0 Å². The Kier molecular flexibility index (Phi) is 5.62. The Bertz CT molecular complexity index is 1570. The van der Waals surface area contributed by atoms with Crippen LogP contribution in [0.3, 0.4) is 0 Å². The Labute approximate surface area is 209 Å². The Morgan fingerprint density at radius 1 is 0.944 bits per heavy atom. The third-order valence-electron chi connectivity index (χ3n) is 6.98. The molecule has 0 amide bonds. The number of esters is 1. The van der Waals surface area contributed by atoms with Crippen molar-refractivity contribution in [1.82, 2.24) is 14.5 Å². The number of benzene rings is 3. The molecule has 0 spiro atoms. The number of fused-ring (bicyclic) bond motifs is 2. The molecule has 0 atom stereocenters. The Morgan fingerprint density at radius 3 is 2.47 bits per heavy atom. The highest BCUT2D eigenvalue weighted by Crippen LogP contribution is 2.32. The molecule has 0 saturated carbocycles. The Hall–Kier alpha value is -4.23. The Balaban J connectivity index is 1.42. The van der Waals surface area contributed by atoms with Crippen molar-refractivity contribution in [2.24, 2.45) is 5.73 Å². The van der Waals surface area contributed by atoms with Crippen LogP contribution in [0.25, 0.3) is 38.9 Å². The summed E-state index contributed by atoms with van der Waals surface area (Å²) in [6.45, 7) is 1.82. The predicted molar refractivity (Wildman–Crippen MR) is 143 cm³/mol. The molecule has 180 valence electrons. The molecule has 0 unspecified atom stereocenters. The second-order valence-corrected chi connectivity index (χ2v) is 9.24. The summed E-state index contributed by atoms with van der Waals surface area (Å²) in [6.07, 6.45) is 3.79. The number of methoxy groups -OCH3 is 1. The molecule has 0 bridgehead atoms. The van der Waals surface area contributed by atoms with Gasteiger partial charge < -0.3 is 15.4 Å². The van der Waals surface area contributed by atoms with Crippen LogP contribution in [0.4, 0.5) is 5.69 Å². The number of carbonyl (C=O) groups excluding carboxylic acids is 1. The van der Waals surface area contributed by atoms with E-state index in [-0.39, 0.29) is 12.0 Å². The van der Waals surface area contributed by atoms with Crippen LogP contribution >= 0.6 is 0 Å². The molecule has 2 aromatic heterocycles. The lowest BCUT2D eigenvalue weighted by Crippen LogP contribution is -2.40. The van der Waals surface area contributed by atoms with Crippen LogP contribution < -0.4 is 10.6 Å². The number of hydrogen-bond donors (Lipinski definition) is 1. The van der Waals surface area contributed by atoms with Gasteiger partial charge in [0.15, 0.2) is 5.82 Å². The Morgan fingerprint density at radius 2 is 1.69 bits per heavy atom.